The van der Waals surface area contributed by atoms with Gasteiger partial charge in [-0.25, -0.2) is 5.01 Å². The number of methoxy groups -OCH3 is 1. The summed E-state index contributed by atoms with van der Waals surface area (Å²) in [6, 6.07) is 19.0. The summed E-state index contributed by atoms with van der Waals surface area (Å²) in [7, 11) is 1.65. The van der Waals surface area contributed by atoms with Crippen LogP contribution in [0.4, 0.5) is 0 Å². The molecule has 0 aromatic heterocycles. The van der Waals surface area contributed by atoms with Crippen LogP contribution < -0.4 is 9.47 Å². The summed E-state index contributed by atoms with van der Waals surface area (Å²) in [5.41, 5.74) is 3.83. The first-order valence-electron chi connectivity index (χ1n) is 9.45. The molecular formula is C23H17Cl3N2O2. The van der Waals surface area contributed by atoms with Gasteiger partial charge in [-0.2, -0.15) is 5.10 Å². The predicted molar refractivity (Wildman–Crippen MR) is 120 cm³/mol. The van der Waals surface area contributed by atoms with E-state index >= 15 is 0 Å². The van der Waals surface area contributed by atoms with Gasteiger partial charge in [-0.15, -0.1) is 0 Å². The fourth-order valence-corrected chi connectivity index (χ4v) is 4.61. The maximum absolute atomic E-state index is 6.52. The molecule has 3 aromatic rings. The van der Waals surface area contributed by atoms with Crippen LogP contribution in [-0.2, 0) is 0 Å². The van der Waals surface area contributed by atoms with E-state index in [2.05, 4.69) is 0 Å². The van der Waals surface area contributed by atoms with Crippen LogP contribution in [0.15, 0.2) is 65.8 Å². The van der Waals surface area contributed by atoms with Crippen molar-refractivity contribution in [3.05, 3.63) is 92.4 Å². The largest absolute Gasteiger partial charge is 0.497 e. The van der Waals surface area contributed by atoms with Gasteiger partial charge >= 0.3 is 0 Å². The molecule has 0 fully saturated rings. The van der Waals surface area contributed by atoms with Crippen molar-refractivity contribution < 1.29 is 9.47 Å². The second-order valence-electron chi connectivity index (χ2n) is 7.19. The van der Waals surface area contributed by atoms with E-state index in [0.29, 0.717) is 15.1 Å². The number of hydrogen-bond donors (Lipinski definition) is 0. The number of benzene rings is 3. The van der Waals surface area contributed by atoms with E-state index in [1.807, 2.05) is 59.6 Å². The minimum atomic E-state index is -0.468. The van der Waals surface area contributed by atoms with Gasteiger partial charge in [0.25, 0.3) is 0 Å². The van der Waals surface area contributed by atoms with E-state index in [1.54, 1.807) is 13.2 Å². The lowest BCUT2D eigenvalue weighted by Gasteiger charge is -2.38. The van der Waals surface area contributed by atoms with E-state index in [1.165, 1.54) is 0 Å². The van der Waals surface area contributed by atoms with Crippen molar-refractivity contribution in [2.45, 2.75) is 18.7 Å². The lowest BCUT2D eigenvalue weighted by atomic mass is 9.96. The molecule has 2 aliphatic rings. The maximum atomic E-state index is 6.52. The Labute approximate surface area is 189 Å². The number of rotatable bonds is 3. The SMILES string of the molecule is COc1ccc(C2=NN3[C@H](C2)c2cc(Cl)ccc2O[C@@H]3c2ccc(Cl)cc2Cl)cc1. The van der Waals surface area contributed by atoms with Crippen molar-refractivity contribution in [1.82, 2.24) is 5.01 Å². The molecule has 0 aliphatic carbocycles. The van der Waals surface area contributed by atoms with Gasteiger partial charge in [-0.05, 0) is 60.2 Å². The molecule has 7 heteroatoms. The van der Waals surface area contributed by atoms with Gasteiger partial charge in [0, 0.05) is 27.6 Å². The first-order chi connectivity index (χ1) is 14.5. The Morgan fingerprint density at radius 2 is 1.67 bits per heavy atom. The Bertz CT molecular complexity index is 1150. The van der Waals surface area contributed by atoms with Crippen molar-refractivity contribution in [1.29, 1.82) is 0 Å². The standard InChI is InChI=1S/C23H17Cl3N2O2/c1-29-16-6-2-13(3-7-16)20-12-21-18-10-14(24)5-9-22(18)30-23(28(21)27-20)17-8-4-15(25)11-19(17)26/h2-11,21,23H,12H2,1H3/t21-,23-/m1/s1. The topological polar surface area (TPSA) is 34.1 Å². The number of hydrazone groups is 1. The molecule has 152 valence electrons. The Balaban J connectivity index is 1.59. The van der Waals surface area contributed by atoms with Crippen LogP contribution in [0.1, 0.15) is 35.4 Å². The summed E-state index contributed by atoms with van der Waals surface area (Å²) < 4.78 is 11.6. The Kier molecular flexibility index (Phi) is 5.02. The molecule has 0 saturated carbocycles. The van der Waals surface area contributed by atoms with Crippen molar-refractivity contribution in [3.8, 4) is 11.5 Å². The van der Waals surface area contributed by atoms with Crippen LogP contribution in [0.3, 0.4) is 0 Å². The highest BCUT2D eigenvalue weighted by molar-refractivity contribution is 6.35. The Morgan fingerprint density at radius 1 is 0.933 bits per heavy atom. The molecule has 30 heavy (non-hydrogen) atoms. The zero-order chi connectivity index (χ0) is 20.8. The third-order valence-corrected chi connectivity index (χ3v) is 6.20. The first-order valence-corrected chi connectivity index (χ1v) is 10.6. The predicted octanol–water partition coefficient (Wildman–Crippen LogP) is 6.90. The third-order valence-electron chi connectivity index (χ3n) is 5.40. The van der Waals surface area contributed by atoms with Gasteiger partial charge < -0.3 is 9.47 Å². The highest BCUT2D eigenvalue weighted by atomic mass is 35.5. The zero-order valence-electron chi connectivity index (χ0n) is 16.0. The summed E-state index contributed by atoms with van der Waals surface area (Å²) in [6.45, 7) is 0. The molecule has 5 rings (SSSR count). The highest BCUT2D eigenvalue weighted by Gasteiger charge is 2.41. The molecule has 0 unspecified atom stereocenters. The quantitative estimate of drug-likeness (QED) is 0.427. The molecule has 2 heterocycles. The Morgan fingerprint density at radius 3 is 2.40 bits per heavy atom. The average molecular weight is 460 g/mol. The van der Waals surface area contributed by atoms with Crippen molar-refractivity contribution >= 4 is 40.5 Å². The van der Waals surface area contributed by atoms with Crippen LogP contribution in [0.25, 0.3) is 0 Å². The van der Waals surface area contributed by atoms with Crippen molar-refractivity contribution in [2.24, 2.45) is 5.10 Å². The van der Waals surface area contributed by atoms with E-state index in [4.69, 9.17) is 49.4 Å². The van der Waals surface area contributed by atoms with Crippen molar-refractivity contribution in [2.75, 3.05) is 7.11 Å². The summed E-state index contributed by atoms with van der Waals surface area (Å²) in [5, 5.41) is 8.68. The van der Waals surface area contributed by atoms with Crippen LogP contribution in [0, 0.1) is 0 Å². The maximum Gasteiger partial charge on any atom is 0.215 e. The molecule has 2 aliphatic heterocycles. The van der Waals surface area contributed by atoms with Gasteiger partial charge in [0.1, 0.15) is 11.5 Å². The van der Waals surface area contributed by atoms with E-state index in [9.17, 15) is 0 Å². The molecule has 0 bridgehead atoms. The summed E-state index contributed by atoms with van der Waals surface area (Å²) >= 11 is 18.9. The third kappa shape index (κ3) is 3.39. The smallest absolute Gasteiger partial charge is 0.215 e. The second-order valence-corrected chi connectivity index (χ2v) is 8.47. The minimum Gasteiger partial charge on any atom is -0.497 e. The molecule has 2 atom stereocenters. The lowest BCUT2D eigenvalue weighted by molar-refractivity contribution is -0.0189. The van der Waals surface area contributed by atoms with Gasteiger partial charge in [0.05, 0.1) is 23.9 Å². The van der Waals surface area contributed by atoms with Gasteiger partial charge in [-0.1, -0.05) is 40.9 Å². The molecule has 3 aromatic carbocycles. The number of nitrogens with zero attached hydrogens (tertiary/aromatic N) is 2. The summed E-state index contributed by atoms with van der Waals surface area (Å²) in [5.74, 6) is 1.59. The average Bonchev–Trinajstić information content (AvgIpc) is 3.19. The monoisotopic (exact) mass is 458 g/mol. The molecule has 0 saturated heterocycles. The molecular weight excluding hydrogens is 443 g/mol. The Hall–Kier alpha value is -2.40. The summed E-state index contributed by atoms with van der Waals surface area (Å²) in [6.07, 6.45) is 0.259. The number of hydrogen-bond acceptors (Lipinski definition) is 4. The zero-order valence-corrected chi connectivity index (χ0v) is 18.2. The normalized spacial score (nSPS) is 19.6. The van der Waals surface area contributed by atoms with E-state index < -0.39 is 6.23 Å². The molecule has 0 N–H and O–H groups in total. The molecule has 0 radical (unpaired) electrons. The number of fused-ring (bicyclic) bond motifs is 3. The highest BCUT2D eigenvalue weighted by Crippen LogP contribution is 2.49. The van der Waals surface area contributed by atoms with Gasteiger partial charge in [0.15, 0.2) is 0 Å². The fraction of sp³-hybridized carbons (Fsp3) is 0.174. The molecule has 4 nitrogen and oxygen atoms in total. The van der Waals surface area contributed by atoms with Crippen LogP contribution in [-0.4, -0.2) is 17.8 Å². The number of halogens is 3. The second kappa shape index (κ2) is 7.69. The van der Waals surface area contributed by atoms with E-state index in [0.717, 1.165) is 40.3 Å². The first kappa shape index (κ1) is 19.6. The minimum absolute atomic E-state index is 0.0127. The van der Waals surface area contributed by atoms with Gasteiger partial charge in [0.2, 0.25) is 6.23 Å². The number of ether oxygens (including phenoxy) is 2. The molecule has 0 spiro atoms. The fourth-order valence-electron chi connectivity index (χ4n) is 3.92. The van der Waals surface area contributed by atoms with Crippen LogP contribution in [0.2, 0.25) is 15.1 Å². The van der Waals surface area contributed by atoms with E-state index in [-0.39, 0.29) is 6.04 Å². The molecule has 0 amide bonds. The van der Waals surface area contributed by atoms with Crippen molar-refractivity contribution in [3.63, 3.8) is 0 Å². The summed E-state index contributed by atoms with van der Waals surface area (Å²) in [4.78, 5) is 0. The lowest BCUT2D eigenvalue weighted by Crippen LogP contribution is -2.33. The van der Waals surface area contributed by atoms with Gasteiger partial charge in [-0.3, -0.25) is 0 Å². The van der Waals surface area contributed by atoms with Crippen LogP contribution in [0.5, 0.6) is 11.5 Å². The van der Waals surface area contributed by atoms with Crippen LogP contribution >= 0.6 is 34.8 Å².